The minimum Gasteiger partial charge on any atom is -0.481 e. The average Bonchev–Trinajstić information content (AvgIpc) is 2.64. The van der Waals surface area contributed by atoms with E-state index in [0.717, 1.165) is 22.9 Å². The number of nitrogen functional groups attached to an aromatic ring is 2. The Labute approximate surface area is 175 Å². The van der Waals surface area contributed by atoms with Crippen LogP contribution in [0.1, 0.15) is 0 Å². The third-order valence-corrected chi connectivity index (χ3v) is 4.68. The van der Waals surface area contributed by atoms with Crippen LogP contribution in [-0.4, -0.2) is 44.3 Å². The van der Waals surface area contributed by atoms with Gasteiger partial charge in [-0.25, -0.2) is 0 Å². The van der Waals surface area contributed by atoms with Crippen LogP contribution >= 0.6 is 0 Å². The number of ether oxygens (including phenoxy) is 1. The molecule has 0 amide bonds. The lowest BCUT2D eigenvalue weighted by molar-refractivity contribution is -0.191. The van der Waals surface area contributed by atoms with E-state index in [1.54, 1.807) is 24.3 Å². The topological polar surface area (TPSA) is 210 Å². The smallest absolute Gasteiger partial charge is 0.308 e. The quantitative estimate of drug-likeness (QED) is 0.359. The van der Waals surface area contributed by atoms with Gasteiger partial charge in [0.2, 0.25) is 0 Å². The zero-order valence-electron chi connectivity index (χ0n) is 15.9. The number of carboxylic acid groups (broad SMARTS) is 4. The summed E-state index contributed by atoms with van der Waals surface area (Å²) >= 11 is 0. The molecule has 3 rings (SSSR count). The summed E-state index contributed by atoms with van der Waals surface area (Å²) in [6, 6.07) is 14.5. The van der Waals surface area contributed by atoms with E-state index in [2.05, 4.69) is 0 Å². The van der Waals surface area contributed by atoms with Crippen LogP contribution in [0.25, 0.3) is 0 Å². The molecule has 2 aromatic rings. The van der Waals surface area contributed by atoms with E-state index in [0.29, 0.717) is 0 Å². The van der Waals surface area contributed by atoms with E-state index in [1.807, 2.05) is 24.3 Å². The van der Waals surface area contributed by atoms with Gasteiger partial charge in [-0.15, -0.1) is 0 Å². The zero-order chi connectivity index (χ0) is 23.3. The monoisotopic (exact) mass is 432 g/mol. The second kappa shape index (κ2) is 9.48. The molecule has 0 atom stereocenters. The van der Waals surface area contributed by atoms with Crippen molar-refractivity contribution in [3.63, 3.8) is 0 Å². The molecule has 0 radical (unpaired) electrons. The summed E-state index contributed by atoms with van der Waals surface area (Å²) in [7, 11) is 0. The highest BCUT2D eigenvalue weighted by Gasteiger charge is 2.64. The number of hydrogen-bond donors (Lipinski definition) is 6. The first kappa shape index (κ1) is 23.0. The van der Waals surface area contributed by atoms with Crippen molar-refractivity contribution in [2.45, 2.75) is 0 Å². The van der Waals surface area contributed by atoms with Crippen LogP contribution < -0.4 is 16.2 Å². The molecule has 0 saturated heterocycles. The van der Waals surface area contributed by atoms with Crippen molar-refractivity contribution in [3.05, 3.63) is 48.5 Å². The standard InChI is InChI=1S/C12H12N2O.C8H8O8/c13-9-1-5-11(6-2-9)15-12-7-3-10(14)4-8-12;9-5(10)1-2(6(11)12)4(8(15)16)3(1)7(13)14/h1-8H,13-14H2;1-4H,(H,9,10)(H,11,12)(H,13,14)(H,15,16). The Morgan fingerprint density at radius 3 is 0.968 bits per heavy atom. The fourth-order valence-electron chi connectivity index (χ4n) is 3.18. The molecular weight excluding hydrogens is 412 g/mol. The number of hydrogen-bond acceptors (Lipinski definition) is 7. The molecule has 0 spiro atoms. The van der Waals surface area contributed by atoms with Crippen molar-refractivity contribution in [2.24, 2.45) is 23.7 Å². The lowest BCUT2D eigenvalue weighted by atomic mass is 9.56. The van der Waals surface area contributed by atoms with Crippen molar-refractivity contribution < 1.29 is 44.3 Å². The van der Waals surface area contributed by atoms with Crippen LogP contribution in [0.5, 0.6) is 11.5 Å². The van der Waals surface area contributed by atoms with Gasteiger partial charge in [-0.2, -0.15) is 0 Å². The highest BCUT2D eigenvalue weighted by molar-refractivity contribution is 5.95. The van der Waals surface area contributed by atoms with E-state index in [1.165, 1.54) is 0 Å². The van der Waals surface area contributed by atoms with Crippen LogP contribution in [0.15, 0.2) is 48.5 Å². The molecule has 8 N–H and O–H groups in total. The van der Waals surface area contributed by atoms with Gasteiger partial charge in [0.15, 0.2) is 0 Å². The zero-order valence-corrected chi connectivity index (χ0v) is 15.9. The largest absolute Gasteiger partial charge is 0.481 e. The predicted octanol–water partition coefficient (Wildman–Crippen LogP) is 1.45. The first-order chi connectivity index (χ1) is 14.5. The van der Waals surface area contributed by atoms with Gasteiger partial charge >= 0.3 is 23.9 Å². The molecule has 1 fully saturated rings. The van der Waals surface area contributed by atoms with E-state index in [9.17, 15) is 19.2 Å². The van der Waals surface area contributed by atoms with Crippen molar-refractivity contribution in [2.75, 3.05) is 11.5 Å². The molecule has 31 heavy (non-hydrogen) atoms. The van der Waals surface area contributed by atoms with Crippen molar-refractivity contribution in [1.82, 2.24) is 0 Å². The van der Waals surface area contributed by atoms with Gasteiger partial charge in [0, 0.05) is 11.4 Å². The molecule has 11 heteroatoms. The fourth-order valence-corrected chi connectivity index (χ4v) is 3.18. The van der Waals surface area contributed by atoms with E-state index in [4.69, 9.17) is 36.6 Å². The van der Waals surface area contributed by atoms with E-state index in [-0.39, 0.29) is 0 Å². The molecule has 0 bridgehead atoms. The molecular formula is C20H20N2O9. The molecule has 0 heterocycles. The Bertz CT molecular complexity index is 850. The Kier molecular flexibility index (Phi) is 7.03. The van der Waals surface area contributed by atoms with Crippen LogP contribution in [0.4, 0.5) is 11.4 Å². The van der Waals surface area contributed by atoms with Crippen LogP contribution in [0.2, 0.25) is 0 Å². The SMILES string of the molecule is Nc1ccc(Oc2ccc(N)cc2)cc1.O=C(O)C1C(C(=O)O)C(C(=O)O)C1C(=O)O. The lowest BCUT2D eigenvalue weighted by Gasteiger charge is -2.42. The summed E-state index contributed by atoms with van der Waals surface area (Å²) in [5.41, 5.74) is 12.6. The molecule has 0 aliphatic heterocycles. The molecule has 1 aliphatic rings. The lowest BCUT2D eigenvalue weighted by Crippen LogP contribution is -2.59. The molecule has 0 unspecified atom stereocenters. The summed E-state index contributed by atoms with van der Waals surface area (Å²) in [5, 5.41) is 34.6. The molecule has 1 aliphatic carbocycles. The van der Waals surface area contributed by atoms with Crippen molar-refractivity contribution in [1.29, 1.82) is 0 Å². The Morgan fingerprint density at radius 2 is 0.774 bits per heavy atom. The van der Waals surface area contributed by atoms with Gasteiger partial charge in [-0.1, -0.05) is 0 Å². The minimum absolute atomic E-state index is 0.722. The number of carboxylic acids is 4. The third kappa shape index (κ3) is 5.41. The molecule has 0 aromatic heterocycles. The summed E-state index contributed by atoms with van der Waals surface area (Å²) in [6.45, 7) is 0. The maximum Gasteiger partial charge on any atom is 0.308 e. The van der Waals surface area contributed by atoms with Gasteiger partial charge in [0.1, 0.15) is 11.5 Å². The molecule has 1 saturated carbocycles. The molecule has 164 valence electrons. The Morgan fingerprint density at radius 1 is 0.548 bits per heavy atom. The van der Waals surface area contributed by atoms with E-state index < -0.39 is 47.5 Å². The normalized spacial score (nSPS) is 21.5. The minimum atomic E-state index is -1.70. The van der Waals surface area contributed by atoms with Gasteiger partial charge in [-0.05, 0) is 48.5 Å². The van der Waals surface area contributed by atoms with Crippen LogP contribution in [0, 0.1) is 23.7 Å². The summed E-state index contributed by atoms with van der Waals surface area (Å²) in [5.74, 6) is -11.7. The van der Waals surface area contributed by atoms with Crippen LogP contribution in [0.3, 0.4) is 0 Å². The number of nitrogens with two attached hydrogens (primary N) is 2. The van der Waals surface area contributed by atoms with Gasteiger partial charge < -0.3 is 36.6 Å². The highest BCUT2D eigenvalue weighted by Crippen LogP contribution is 2.47. The third-order valence-electron chi connectivity index (χ3n) is 4.68. The summed E-state index contributed by atoms with van der Waals surface area (Å²) in [4.78, 5) is 42.6. The maximum absolute atomic E-state index is 10.7. The Balaban J connectivity index is 0.000000220. The van der Waals surface area contributed by atoms with Crippen molar-refractivity contribution >= 4 is 35.3 Å². The summed E-state index contributed by atoms with van der Waals surface area (Å²) in [6.07, 6.45) is 0. The second-order valence-electron chi connectivity index (χ2n) is 6.70. The molecule has 2 aromatic carbocycles. The first-order valence-electron chi connectivity index (χ1n) is 8.83. The average molecular weight is 432 g/mol. The summed E-state index contributed by atoms with van der Waals surface area (Å²) < 4.78 is 5.58. The highest BCUT2D eigenvalue weighted by atomic mass is 16.5. The second-order valence-corrected chi connectivity index (χ2v) is 6.70. The fraction of sp³-hybridized carbons (Fsp3) is 0.200. The van der Waals surface area contributed by atoms with Crippen molar-refractivity contribution in [3.8, 4) is 11.5 Å². The number of anilines is 2. The predicted molar refractivity (Wildman–Crippen MR) is 106 cm³/mol. The van der Waals surface area contributed by atoms with E-state index >= 15 is 0 Å². The number of benzene rings is 2. The van der Waals surface area contributed by atoms with Gasteiger partial charge in [-0.3, -0.25) is 19.2 Å². The number of carbonyl (C=O) groups is 4. The maximum atomic E-state index is 10.7. The first-order valence-corrected chi connectivity index (χ1v) is 8.83. The Hall–Kier alpha value is -4.28. The van der Waals surface area contributed by atoms with Crippen LogP contribution in [-0.2, 0) is 19.2 Å². The van der Waals surface area contributed by atoms with Gasteiger partial charge in [0.05, 0.1) is 23.7 Å². The number of rotatable bonds is 6. The molecule has 11 nitrogen and oxygen atoms in total. The number of aliphatic carboxylic acids is 4. The van der Waals surface area contributed by atoms with Gasteiger partial charge in [0.25, 0.3) is 0 Å².